The number of carbonyl (C=O) groups is 1. The normalized spacial score (nSPS) is 13.0. The molecule has 1 aromatic rings. The van der Waals surface area contributed by atoms with Crippen molar-refractivity contribution in [1.29, 1.82) is 0 Å². The quantitative estimate of drug-likeness (QED) is 0.186. The summed E-state index contributed by atoms with van der Waals surface area (Å²) >= 11 is -2.95. The van der Waals surface area contributed by atoms with Crippen LogP contribution in [0.5, 0.6) is 5.75 Å². The fourth-order valence-corrected chi connectivity index (χ4v) is 21.2. The van der Waals surface area contributed by atoms with Crippen LogP contribution in [-0.4, -0.2) is 33.3 Å². The molecule has 0 bridgehead atoms. The summed E-state index contributed by atoms with van der Waals surface area (Å²) < 4.78 is 11.1. The SMILES string of the molecule is CCC[CH2][Sn]([CH2]CCC)([CH2]CCC)/[C](=C/c1ccc(C(C)(C)C)cc1O[SiH](C)C)C(N)=O. The Balaban J connectivity index is 3.68. The van der Waals surface area contributed by atoms with Crippen molar-refractivity contribution in [1.82, 2.24) is 0 Å². The van der Waals surface area contributed by atoms with Gasteiger partial charge >= 0.3 is 205 Å². The number of amides is 1. The zero-order valence-corrected chi connectivity index (χ0v) is 26.2. The van der Waals surface area contributed by atoms with Gasteiger partial charge in [0.15, 0.2) is 0 Å². The van der Waals surface area contributed by atoms with E-state index in [1.54, 1.807) is 0 Å². The van der Waals surface area contributed by atoms with E-state index in [1.807, 2.05) is 0 Å². The number of nitrogens with two attached hydrogens (primary N) is 1. The number of rotatable bonds is 14. The first kappa shape index (κ1) is 29.3. The topological polar surface area (TPSA) is 52.3 Å². The molecule has 182 valence electrons. The fraction of sp³-hybridized carbons (Fsp3) is 0.667. The van der Waals surface area contributed by atoms with E-state index in [1.165, 1.54) is 57.4 Å². The van der Waals surface area contributed by atoms with Gasteiger partial charge in [-0.25, -0.2) is 0 Å². The fourth-order valence-electron chi connectivity index (χ4n) is 4.44. The molecule has 0 aromatic heterocycles. The molecule has 0 spiro atoms. The molecular formula is C27H49NO2SiSn. The van der Waals surface area contributed by atoms with E-state index in [2.05, 4.69) is 78.9 Å². The molecule has 0 aliphatic rings. The third-order valence-electron chi connectivity index (χ3n) is 6.41. The molecule has 0 aliphatic heterocycles. The molecule has 0 fully saturated rings. The number of carbonyl (C=O) groups excluding carboxylic acids is 1. The Bertz CT molecular complexity index is 731. The van der Waals surface area contributed by atoms with Crippen molar-refractivity contribution < 1.29 is 9.22 Å². The Morgan fingerprint density at radius 3 is 1.88 bits per heavy atom. The van der Waals surface area contributed by atoms with E-state index >= 15 is 0 Å². The van der Waals surface area contributed by atoms with Crippen LogP contribution < -0.4 is 10.2 Å². The van der Waals surface area contributed by atoms with Crippen LogP contribution in [0.1, 0.15) is 91.2 Å². The molecule has 0 unspecified atom stereocenters. The third kappa shape index (κ3) is 8.88. The number of hydrogen-bond donors (Lipinski definition) is 1. The monoisotopic (exact) mass is 567 g/mol. The van der Waals surface area contributed by atoms with E-state index in [9.17, 15) is 4.79 Å². The first-order chi connectivity index (χ1) is 15.0. The molecule has 1 amide bonds. The second-order valence-corrected chi connectivity index (χ2v) is 26.1. The van der Waals surface area contributed by atoms with Crippen molar-refractivity contribution in [3.8, 4) is 5.75 Å². The number of primary amides is 1. The molecule has 1 rings (SSSR count). The van der Waals surface area contributed by atoms with Crippen LogP contribution in [0.15, 0.2) is 21.8 Å². The van der Waals surface area contributed by atoms with E-state index in [-0.39, 0.29) is 11.3 Å². The Morgan fingerprint density at radius 2 is 1.50 bits per heavy atom. The first-order valence-corrected chi connectivity index (χ1v) is 23.1. The third-order valence-corrected chi connectivity index (χ3v) is 22.7. The molecule has 0 heterocycles. The average Bonchev–Trinajstić information content (AvgIpc) is 2.71. The summed E-state index contributed by atoms with van der Waals surface area (Å²) in [6.07, 6.45) is 9.32. The molecule has 1 aromatic carbocycles. The Kier molecular flexibility index (Phi) is 12.7. The average molecular weight is 566 g/mol. The van der Waals surface area contributed by atoms with Gasteiger partial charge in [0.25, 0.3) is 0 Å². The van der Waals surface area contributed by atoms with Gasteiger partial charge in [0, 0.05) is 0 Å². The van der Waals surface area contributed by atoms with Gasteiger partial charge in [0.05, 0.1) is 0 Å². The van der Waals surface area contributed by atoms with Gasteiger partial charge in [0.2, 0.25) is 0 Å². The summed E-state index contributed by atoms with van der Waals surface area (Å²) in [6.45, 7) is 17.8. The van der Waals surface area contributed by atoms with Crippen molar-refractivity contribution in [3.63, 3.8) is 0 Å². The number of benzene rings is 1. The van der Waals surface area contributed by atoms with Crippen molar-refractivity contribution in [2.24, 2.45) is 5.73 Å². The molecule has 3 nitrogen and oxygen atoms in total. The van der Waals surface area contributed by atoms with Gasteiger partial charge in [-0.1, -0.05) is 0 Å². The zero-order valence-electron chi connectivity index (χ0n) is 22.1. The van der Waals surface area contributed by atoms with Crippen LogP contribution >= 0.6 is 0 Å². The maximum absolute atomic E-state index is 13.0. The summed E-state index contributed by atoms with van der Waals surface area (Å²) in [5.41, 5.74) is 8.50. The molecule has 0 radical (unpaired) electrons. The summed E-state index contributed by atoms with van der Waals surface area (Å²) in [4.78, 5) is 13.0. The first-order valence-electron chi connectivity index (χ1n) is 12.8. The van der Waals surface area contributed by atoms with Crippen molar-refractivity contribution in [2.45, 2.75) is 112 Å². The van der Waals surface area contributed by atoms with Gasteiger partial charge in [-0.15, -0.1) is 0 Å². The minimum atomic E-state index is -2.95. The van der Waals surface area contributed by atoms with Gasteiger partial charge in [-0.2, -0.15) is 0 Å². The number of hydrogen-bond acceptors (Lipinski definition) is 2. The van der Waals surface area contributed by atoms with Crippen LogP contribution in [0.4, 0.5) is 0 Å². The zero-order chi connectivity index (χ0) is 24.4. The standard InChI is InChI=1S/C15H22NO2Si.3C4H9.Sn/c1-15(2,3)12-8-6-11(7-9-14(16)17)13(10-12)18-19(4)5;3*1-3-4-2;/h6-8,10,19H,1-5H3,(H2,16,17);3*1,3-4H2,2H3;. The summed E-state index contributed by atoms with van der Waals surface area (Å²) in [5, 5.41) is 0. The predicted molar refractivity (Wildman–Crippen MR) is 147 cm³/mol. The minimum absolute atomic E-state index is 0.0533. The van der Waals surface area contributed by atoms with E-state index in [0.29, 0.717) is 0 Å². The van der Waals surface area contributed by atoms with E-state index in [4.69, 9.17) is 10.2 Å². The van der Waals surface area contributed by atoms with Crippen LogP contribution in [0.3, 0.4) is 0 Å². The molecule has 5 heteroatoms. The Hall–Kier alpha value is -0.754. The van der Waals surface area contributed by atoms with E-state index < -0.39 is 27.4 Å². The second kappa shape index (κ2) is 13.8. The van der Waals surface area contributed by atoms with Gasteiger partial charge in [-0.05, 0) is 0 Å². The molecule has 0 saturated carbocycles. The summed E-state index contributed by atoms with van der Waals surface area (Å²) in [5.74, 6) is 0.747. The van der Waals surface area contributed by atoms with Crippen LogP contribution in [-0.2, 0) is 10.2 Å². The summed E-state index contributed by atoms with van der Waals surface area (Å²) in [7, 11) is -1.30. The number of unbranched alkanes of at least 4 members (excludes halogenated alkanes) is 3. The van der Waals surface area contributed by atoms with Crippen LogP contribution in [0.2, 0.25) is 26.4 Å². The molecule has 0 aliphatic carbocycles. The Labute approximate surface area is 204 Å². The molecule has 0 saturated heterocycles. The van der Waals surface area contributed by atoms with Crippen molar-refractivity contribution in [2.75, 3.05) is 0 Å². The molecule has 0 atom stereocenters. The molecule has 32 heavy (non-hydrogen) atoms. The van der Waals surface area contributed by atoms with Gasteiger partial charge < -0.3 is 0 Å². The van der Waals surface area contributed by atoms with Crippen LogP contribution in [0, 0.1) is 0 Å². The predicted octanol–water partition coefficient (Wildman–Crippen LogP) is 7.60. The maximum atomic E-state index is 13.0. The Morgan fingerprint density at radius 1 is 1.00 bits per heavy atom. The van der Waals surface area contributed by atoms with Gasteiger partial charge in [0.1, 0.15) is 0 Å². The van der Waals surface area contributed by atoms with Crippen LogP contribution in [0.25, 0.3) is 6.08 Å². The van der Waals surface area contributed by atoms with E-state index in [0.717, 1.165) is 14.9 Å². The van der Waals surface area contributed by atoms with Crippen molar-refractivity contribution in [3.05, 3.63) is 32.9 Å². The molecule has 2 N–H and O–H groups in total. The van der Waals surface area contributed by atoms with Crippen molar-refractivity contribution >= 4 is 39.4 Å². The second-order valence-electron chi connectivity index (χ2n) is 10.7. The van der Waals surface area contributed by atoms with Gasteiger partial charge in [-0.3, -0.25) is 0 Å². The summed E-state index contributed by atoms with van der Waals surface area (Å²) in [6, 6.07) is 6.55. The molecular weight excluding hydrogens is 517 g/mol.